The Balaban J connectivity index is 1.63. The molecule has 3 aromatic carbocycles. The highest BCUT2D eigenvalue weighted by Gasteiger charge is 2.18. The third-order valence-corrected chi connectivity index (χ3v) is 4.29. The molecule has 0 heterocycles. The number of quaternary nitrogens is 1. The largest absolute Gasteiger partial charge is 0.347 e. The van der Waals surface area contributed by atoms with Gasteiger partial charge in [-0.2, -0.15) is 0 Å². The fraction of sp³-hybridized carbons (Fsp3) is 0.136. The minimum atomic E-state index is -0.303. The van der Waals surface area contributed by atoms with E-state index in [0.29, 0.717) is 5.56 Å². The molecule has 0 fully saturated rings. The molecule has 0 aliphatic rings. The van der Waals surface area contributed by atoms with E-state index >= 15 is 0 Å². The normalized spacial score (nSPS) is 10.7. The van der Waals surface area contributed by atoms with E-state index in [2.05, 4.69) is 29.6 Å². The number of hydrogen-bond donors (Lipinski definition) is 2. The zero-order valence-electron chi connectivity index (χ0n) is 14.4. The molecule has 1 amide bonds. The lowest BCUT2D eigenvalue weighted by Crippen LogP contribution is -2.87. The zero-order valence-corrected chi connectivity index (χ0v) is 14.4. The van der Waals surface area contributed by atoms with E-state index in [1.54, 1.807) is 18.2 Å². The molecule has 0 aromatic heterocycles. The van der Waals surface area contributed by atoms with Gasteiger partial charge in [0.25, 0.3) is 5.91 Å². The Morgan fingerprint density at radius 3 is 1.96 bits per heavy atom. The van der Waals surface area contributed by atoms with Crippen molar-refractivity contribution in [3.8, 4) is 0 Å². The molecule has 4 heteroatoms. The van der Waals surface area contributed by atoms with Gasteiger partial charge < -0.3 is 10.6 Å². The van der Waals surface area contributed by atoms with E-state index in [-0.39, 0.29) is 30.9 Å². The first-order valence-corrected chi connectivity index (χ1v) is 8.67. The molecule has 0 atom stereocenters. The molecule has 3 N–H and O–H groups in total. The van der Waals surface area contributed by atoms with Gasteiger partial charge in [-0.1, -0.05) is 78.9 Å². The van der Waals surface area contributed by atoms with Crippen molar-refractivity contribution < 1.29 is 14.5 Å². The van der Waals surface area contributed by atoms with Crippen LogP contribution in [-0.4, -0.2) is 12.5 Å². The summed E-state index contributed by atoms with van der Waals surface area (Å²) in [6.07, 6.45) is 0. The first-order chi connectivity index (χ1) is 12.7. The highest BCUT2D eigenvalue weighted by atomic mass is 19.1. The SMILES string of the molecule is O=C(C[NH2+]C(c1ccccc1)c1ccccc1)NCc1ccccc1F. The molecule has 3 rings (SSSR count). The summed E-state index contributed by atoms with van der Waals surface area (Å²) in [5.41, 5.74) is 2.77. The van der Waals surface area contributed by atoms with Crippen LogP contribution in [0, 0.1) is 5.82 Å². The van der Waals surface area contributed by atoms with Gasteiger partial charge >= 0.3 is 0 Å². The van der Waals surface area contributed by atoms with Gasteiger partial charge in [0.2, 0.25) is 0 Å². The third kappa shape index (κ3) is 4.77. The average molecular weight is 349 g/mol. The van der Waals surface area contributed by atoms with Gasteiger partial charge in [0.15, 0.2) is 6.54 Å². The van der Waals surface area contributed by atoms with Gasteiger partial charge in [0, 0.05) is 23.2 Å². The van der Waals surface area contributed by atoms with Crippen LogP contribution >= 0.6 is 0 Å². The number of nitrogens with two attached hydrogens (primary N) is 1. The standard InChI is InChI=1S/C22H21FN2O/c23-20-14-8-7-13-19(20)15-24-21(26)16-25-22(17-9-3-1-4-10-17)18-11-5-2-6-12-18/h1-14,22,25H,15-16H2,(H,24,26)/p+1. The molecule has 3 nitrogen and oxygen atoms in total. The molecular weight excluding hydrogens is 327 g/mol. The predicted molar refractivity (Wildman–Crippen MR) is 99.8 cm³/mol. The van der Waals surface area contributed by atoms with E-state index < -0.39 is 0 Å². The Kier molecular flexibility index (Phi) is 6.12. The summed E-state index contributed by atoms with van der Waals surface area (Å²) < 4.78 is 13.6. The van der Waals surface area contributed by atoms with Crippen molar-refractivity contribution in [2.75, 3.05) is 6.54 Å². The summed E-state index contributed by atoms with van der Waals surface area (Å²) in [5, 5.41) is 4.79. The fourth-order valence-electron chi connectivity index (χ4n) is 2.92. The van der Waals surface area contributed by atoms with Gasteiger partial charge in [-0.25, -0.2) is 4.39 Å². The fourth-order valence-corrected chi connectivity index (χ4v) is 2.92. The Morgan fingerprint density at radius 1 is 0.846 bits per heavy atom. The van der Waals surface area contributed by atoms with Crippen molar-refractivity contribution >= 4 is 5.91 Å². The molecule has 0 radical (unpaired) electrons. The molecule has 26 heavy (non-hydrogen) atoms. The van der Waals surface area contributed by atoms with Crippen molar-refractivity contribution in [2.45, 2.75) is 12.6 Å². The quantitative estimate of drug-likeness (QED) is 0.677. The minimum absolute atomic E-state index is 0.0385. The first kappa shape index (κ1) is 17.8. The second-order valence-electron chi connectivity index (χ2n) is 6.11. The minimum Gasteiger partial charge on any atom is -0.347 e. The number of carbonyl (C=O) groups excluding carboxylic acids is 1. The van der Waals surface area contributed by atoms with Crippen molar-refractivity contribution in [3.63, 3.8) is 0 Å². The van der Waals surface area contributed by atoms with E-state index in [1.807, 2.05) is 41.7 Å². The third-order valence-electron chi connectivity index (χ3n) is 4.29. The van der Waals surface area contributed by atoms with Crippen LogP contribution in [0.25, 0.3) is 0 Å². The Morgan fingerprint density at radius 2 is 1.38 bits per heavy atom. The topological polar surface area (TPSA) is 45.7 Å². The number of carbonyl (C=O) groups is 1. The van der Waals surface area contributed by atoms with E-state index in [0.717, 1.165) is 11.1 Å². The van der Waals surface area contributed by atoms with Crippen LogP contribution in [0.15, 0.2) is 84.9 Å². The van der Waals surface area contributed by atoms with Gasteiger partial charge in [0.05, 0.1) is 0 Å². The van der Waals surface area contributed by atoms with Crippen LogP contribution in [0.5, 0.6) is 0 Å². The summed E-state index contributed by atoms with van der Waals surface area (Å²) in [4.78, 5) is 12.2. The molecule has 0 aliphatic carbocycles. The molecule has 3 aromatic rings. The Hall–Kier alpha value is -2.98. The zero-order chi connectivity index (χ0) is 18.2. The van der Waals surface area contributed by atoms with Gasteiger partial charge in [-0.3, -0.25) is 4.79 Å². The van der Waals surface area contributed by atoms with Crippen LogP contribution in [0.3, 0.4) is 0 Å². The van der Waals surface area contributed by atoms with Gasteiger partial charge in [-0.05, 0) is 6.07 Å². The second kappa shape index (κ2) is 8.92. The van der Waals surface area contributed by atoms with Crippen LogP contribution < -0.4 is 10.6 Å². The molecular formula is C22H22FN2O+. The summed E-state index contributed by atoms with van der Waals surface area (Å²) >= 11 is 0. The number of halogens is 1. The number of hydrogen-bond acceptors (Lipinski definition) is 1. The average Bonchev–Trinajstić information content (AvgIpc) is 2.69. The maximum Gasteiger partial charge on any atom is 0.275 e. The molecule has 0 saturated heterocycles. The Labute approximate surface area is 152 Å². The van der Waals surface area contributed by atoms with Crippen molar-refractivity contribution in [2.24, 2.45) is 0 Å². The van der Waals surface area contributed by atoms with E-state index in [9.17, 15) is 9.18 Å². The number of rotatable bonds is 7. The smallest absolute Gasteiger partial charge is 0.275 e. The molecule has 0 unspecified atom stereocenters. The molecule has 132 valence electrons. The number of benzene rings is 3. The van der Waals surface area contributed by atoms with Crippen LogP contribution in [0.4, 0.5) is 4.39 Å². The van der Waals surface area contributed by atoms with Crippen LogP contribution in [0.1, 0.15) is 22.7 Å². The van der Waals surface area contributed by atoms with E-state index in [1.165, 1.54) is 6.07 Å². The first-order valence-electron chi connectivity index (χ1n) is 8.67. The summed E-state index contributed by atoms with van der Waals surface area (Å²) in [5.74, 6) is -0.423. The highest BCUT2D eigenvalue weighted by Crippen LogP contribution is 2.17. The lowest BCUT2D eigenvalue weighted by Gasteiger charge is -2.16. The number of amides is 1. The van der Waals surface area contributed by atoms with Crippen molar-refractivity contribution in [1.29, 1.82) is 0 Å². The lowest BCUT2D eigenvalue weighted by atomic mass is 9.99. The van der Waals surface area contributed by atoms with E-state index in [4.69, 9.17) is 0 Å². The van der Waals surface area contributed by atoms with Crippen LogP contribution in [-0.2, 0) is 11.3 Å². The maximum atomic E-state index is 13.6. The Bertz CT molecular complexity index is 798. The van der Waals surface area contributed by atoms with Crippen molar-refractivity contribution in [3.05, 3.63) is 107 Å². The van der Waals surface area contributed by atoms with Crippen molar-refractivity contribution in [1.82, 2.24) is 5.32 Å². The van der Waals surface area contributed by atoms with Crippen LogP contribution in [0.2, 0.25) is 0 Å². The number of nitrogens with one attached hydrogen (secondary N) is 1. The summed E-state index contributed by atoms with van der Waals surface area (Å²) in [6.45, 7) is 0.462. The maximum absolute atomic E-state index is 13.6. The van der Waals surface area contributed by atoms with Gasteiger partial charge in [0.1, 0.15) is 11.9 Å². The summed E-state index contributed by atoms with van der Waals surface area (Å²) in [6, 6.07) is 26.7. The lowest BCUT2D eigenvalue weighted by molar-refractivity contribution is -0.676. The summed E-state index contributed by atoms with van der Waals surface area (Å²) in [7, 11) is 0. The predicted octanol–water partition coefficient (Wildman–Crippen LogP) is 2.79. The monoisotopic (exact) mass is 349 g/mol. The highest BCUT2D eigenvalue weighted by molar-refractivity contribution is 5.76. The second-order valence-corrected chi connectivity index (χ2v) is 6.11. The molecule has 0 bridgehead atoms. The molecule has 0 aliphatic heterocycles. The van der Waals surface area contributed by atoms with Gasteiger partial charge in [-0.15, -0.1) is 0 Å². The molecule has 0 saturated carbocycles. The molecule has 0 spiro atoms.